The maximum atomic E-state index is 11.5. The molecule has 0 amide bonds. The summed E-state index contributed by atoms with van der Waals surface area (Å²) in [5.41, 5.74) is 0.211. The van der Waals surface area contributed by atoms with Crippen LogP contribution in [0.5, 0.6) is 5.75 Å². The maximum absolute atomic E-state index is 11.5. The number of aromatic nitrogens is 1. The third-order valence-corrected chi connectivity index (χ3v) is 3.24. The van der Waals surface area contributed by atoms with Gasteiger partial charge in [0.2, 0.25) is 0 Å². The average Bonchev–Trinajstić information content (AvgIpc) is 2.46. The third-order valence-electron chi connectivity index (χ3n) is 3.24. The molecule has 0 saturated heterocycles. The van der Waals surface area contributed by atoms with Crippen molar-refractivity contribution in [2.24, 2.45) is 5.41 Å². The SMILES string of the molecule is CC(C)(C#N)CCOc1cnc2ccccc2c1C(=O)O. The number of carboxylic acids is 1. The minimum atomic E-state index is -1.05. The molecule has 0 bridgehead atoms. The molecule has 0 radical (unpaired) electrons. The molecule has 0 aliphatic rings. The van der Waals surface area contributed by atoms with Gasteiger partial charge in [-0.15, -0.1) is 0 Å². The molecule has 21 heavy (non-hydrogen) atoms. The summed E-state index contributed by atoms with van der Waals surface area (Å²) in [6.07, 6.45) is 1.93. The number of nitriles is 1. The van der Waals surface area contributed by atoms with Gasteiger partial charge in [0, 0.05) is 5.39 Å². The Morgan fingerprint density at radius 3 is 2.81 bits per heavy atom. The molecule has 2 rings (SSSR count). The zero-order chi connectivity index (χ0) is 15.5. The molecule has 1 aromatic carbocycles. The van der Waals surface area contributed by atoms with Gasteiger partial charge in [0.15, 0.2) is 5.75 Å². The van der Waals surface area contributed by atoms with Crippen molar-refractivity contribution in [3.05, 3.63) is 36.0 Å². The molecular formula is C16H16N2O3. The molecule has 0 fully saturated rings. The summed E-state index contributed by atoms with van der Waals surface area (Å²) in [4.78, 5) is 15.7. The first-order valence-electron chi connectivity index (χ1n) is 6.60. The van der Waals surface area contributed by atoms with Gasteiger partial charge in [-0.05, 0) is 26.3 Å². The molecule has 0 spiro atoms. The first-order chi connectivity index (χ1) is 9.94. The highest BCUT2D eigenvalue weighted by molar-refractivity contribution is 6.04. The number of hydrogen-bond donors (Lipinski definition) is 1. The number of carbonyl (C=O) groups is 1. The van der Waals surface area contributed by atoms with Crippen LogP contribution in [-0.2, 0) is 0 Å². The van der Waals surface area contributed by atoms with E-state index in [4.69, 9.17) is 10.00 Å². The van der Waals surface area contributed by atoms with Gasteiger partial charge in [0.1, 0.15) is 5.56 Å². The van der Waals surface area contributed by atoms with Crippen LogP contribution in [0, 0.1) is 16.7 Å². The van der Waals surface area contributed by atoms with Crippen LogP contribution in [-0.4, -0.2) is 22.7 Å². The van der Waals surface area contributed by atoms with E-state index in [1.807, 2.05) is 13.8 Å². The lowest BCUT2D eigenvalue weighted by Gasteiger charge is -2.16. The molecule has 0 aliphatic carbocycles. The highest BCUT2D eigenvalue weighted by atomic mass is 16.5. The Bertz CT molecular complexity index is 717. The molecule has 1 aromatic heterocycles. The van der Waals surface area contributed by atoms with Gasteiger partial charge in [-0.3, -0.25) is 4.98 Å². The number of hydrogen-bond acceptors (Lipinski definition) is 4. The number of aromatic carboxylic acids is 1. The minimum absolute atomic E-state index is 0.107. The van der Waals surface area contributed by atoms with Crippen molar-refractivity contribution in [2.45, 2.75) is 20.3 Å². The topological polar surface area (TPSA) is 83.2 Å². The largest absolute Gasteiger partial charge is 0.491 e. The van der Waals surface area contributed by atoms with E-state index in [1.54, 1.807) is 24.3 Å². The molecule has 5 heteroatoms. The van der Waals surface area contributed by atoms with Crippen LogP contribution in [0.4, 0.5) is 0 Å². The number of ether oxygens (including phenoxy) is 1. The van der Waals surface area contributed by atoms with E-state index in [1.165, 1.54) is 6.20 Å². The zero-order valence-corrected chi connectivity index (χ0v) is 12.0. The summed E-state index contributed by atoms with van der Waals surface area (Å²) >= 11 is 0. The van der Waals surface area contributed by atoms with Gasteiger partial charge in [0.05, 0.1) is 29.8 Å². The summed E-state index contributed by atoms with van der Waals surface area (Å²) < 4.78 is 5.55. The number of carboxylic acid groups (broad SMARTS) is 1. The lowest BCUT2D eigenvalue weighted by Crippen LogP contribution is -2.14. The van der Waals surface area contributed by atoms with E-state index >= 15 is 0 Å². The first kappa shape index (κ1) is 14.8. The summed E-state index contributed by atoms with van der Waals surface area (Å²) in [5.74, 6) is -0.821. The van der Waals surface area contributed by atoms with Crippen LogP contribution in [0.2, 0.25) is 0 Å². The monoisotopic (exact) mass is 284 g/mol. The number of nitrogens with zero attached hydrogens (tertiary/aromatic N) is 2. The number of pyridine rings is 1. The van der Waals surface area contributed by atoms with Crippen LogP contribution in [0.1, 0.15) is 30.6 Å². The van der Waals surface area contributed by atoms with Crippen molar-refractivity contribution < 1.29 is 14.6 Å². The summed E-state index contributed by atoms with van der Waals surface area (Å²) in [7, 11) is 0. The maximum Gasteiger partial charge on any atom is 0.340 e. The van der Waals surface area contributed by atoms with E-state index in [9.17, 15) is 9.90 Å². The lowest BCUT2D eigenvalue weighted by molar-refractivity contribution is 0.0694. The van der Waals surface area contributed by atoms with E-state index in [0.29, 0.717) is 17.3 Å². The van der Waals surface area contributed by atoms with E-state index in [2.05, 4.69) is 11.1 Å². The molecule has 1 heterocycles. The van der Waals surface area contributed by atoms with Crippen LogP contribution in [0.3, 0.4) is 0 Å². The number of rotatable bonds is 5. The predicted octanol–water partition coefficient (Wildman–Crippen LogP) is 3.25. The molecule has 0 unspecified atom stereocenters. The van der Waals surface area contributed by atoms with Gasteiger partial charge in [-0.2, -0.15) is 5.26 Å². The second-order valence-corrected chi connectivity index (χ2v) is 5.41. The number of fused-ring (bicyclic) bond motifs is 1. The quantitative estimate of drug-likeness (QED) is 0.911. The van der Waals surface area contributed by atoms with E-state index in [-0.39, 0.29) is 17.9 Å². The Hall–Kier alpha value is -2.61. The lowest BCUT2D eigenvalue weighted by atomic mass is 9.92. The van der Waals surface area contributed by atoms with Gasteiger partial charge in [-0.1, -0.05) is 18.2 Å². The Morgan fingerprint density at radius 2 is 2.14 bits per heavy atom. The van der Waals surface area contributed by atoms with E-state index < -0.39 is 11.4 Å². The average molecular weight is 284 g/mol. The van der Waals surface area contributed by atoms with Crippen molar-refractivity contribution in [1.82, 2.24) is 4.98 Å². The highest BCUT2D eigenvalue weighted by Gasteiger charge is 2.19. The minimum Gasteiger partial charge on any atom is -0.491 e. The fraction of sp³-hybridized carbons (Fsp3) is 0.312. The van der Waals surface area contributed by atoms with Crippen LogP contribution < -0.4 is 4.74 Å². The van der Waals surface area contributed by atoms with Crippen molar-refractivity contribution >= 4 is 16.9 Å². The van der Waals surface area contributed by atoms with Gasteiger partial charge >= 0.3 is 5.97 Å². The summed E-state index contributed by atoms with van der Waals surface area (Å²) in [6, 6.07) is 9.21. The molecule has 0 saturated carbocycles. The second kappa shape index (κ2) is 5.80. The van der Waals surface area contributed by atoms with E-state index in [0.717, 1.165) is 0 Å². The highest BCUT2D eigenvalue weighted by Crippen LogP contribution is 2.27. The number of benzene rings is 1. The van der Waals surface area contributed by atoms with Crippen molar-refractivity contribution in [3.63, 3.8) is 0 Å². The Labute approximate surface area is 122 Å². The molecule has 5 nitrogen and oxygen atoms in total. The van der Waals surface area contributed by atoms with Crippen molar-refractivity contribution in [1.29, 1.82) is 5.26 Å². The molecular weight excluding hydrogens is 268 g/mol. The standard InChI is InChI=1S/C16H16N2O3/c1-16(2,10-17)7-8-21-13-9-18-12-6-4-3-5-11(12)14(13)15(19)20/h3-6,9H,7-8H2,1-2H3,(H,19,20). The number of para-hydroxylation sites is 1. The van der Waals surface area contributed by atoms with Gasteiger partial charge in [-0.25, -0.2) is 4.79 Å². The zero-order valence-electron chi connectivity index (χ0n) is 12.0. The normalized spacial score (nSPS) is 11.1. The molecule has 108 valence electrons. The molecule has 0 atom stereocenters. The molecule has 1 N–H and O–H groups in total. The van der Waals surface area contributed by atoms with Gasteiger partial charge in [0.25, 0.3) is 0 Å². The Kier molecular flexibility index (Phi) is 4.08. The Balaban J connectivity index is 2.30. The molecule has 0 aliphatic heterocycles. The summed E-state index contributed by atoms with van der Waals surface area (Å²) in [6.45, 7) is 3.89. The first-order valence-corrected chi connectivity index (χ1v) is 6.60. The summed E-state index contributed by atoms with van der Waals surface area (Å²) in [5, 5.41) is 18.9. The van der Waals surface area contributed by atoms with Crippen LogP contribution in [0.15, 0.2) is 30.5 Å². The van der Waals surface area contributed by atoms with Crippen LogP contribution in [0.25, 0.3) is 10.9 Å². The third kappa shape index (κ3) is 3.29. The second-order valence-electron chi connectivity index (χ2n) is 5.41. The molecule has 2 aromatic rings. The van der Waals surface area contributed by atoms with Gasteiger partial charge < -0.3 is 9.84 Å². The fourth-order valence-corrected chi connectivity index (χ4v) is 1.93. The van der Waals surface area contributed by atoms with Crippen LogP contribution >= 0.6 is 0 Å². The van der Waals surface area contributed by atoms with Crippen molar-refractivity contribution in [2.75, 3.05) is 6.61 Å². The Morgan fingerprint density at radius 1 is 1.43 bits per heavy atom. The smallest absolute Gasteiger partial charge is 0.340 e. The fourth-order valence-electron chi connectivity index (χ4n) is 1.93. The van der Waals surface area contributed by atoms with Crippen molar-refractivity contribution in [3.8, 4) is 11.8 Å². The predicted molar refractivity (Wildman–Crippen MR) is 78.2 cm³/mol.